The second-order valence-electron chi connectivity index (χ2n) is 5.05. The molecule has 2 rings (SSSR count). The summed E-state index contributed by atoms with van der Waals surface area (Å²) >= 11 is 1.92. The van der Waals surface area contributed by atoms with Gasteiger partial charge < -0.3 is 10.6 Å². The van der Waals surface area contributed by atoms with Crippen LogP contribution in [0, 0.1) is 0 Å². The number of nitrogens with one attached hydrogen (secondary N) is 2. The molecular formula is C12H22N2OS. The minimum absolute atomic E-state index is 0.0324. The van der Waals surface area contributed by atoms with E-state index < -0.39 is 0 Å². The fourth-order valence-electron chi connectivity index (χ4n) is 2.50. The first-order chi connectivity index (χ1) is 7.74. The van der Waals surface area contributed by atoms with E-state index in [-0.39, 0.29) is 6.03 Å². The molecule has 2 amide bonds. The van der Waals surface area contributed by atoms with Gasteiger partial charge in [-0.2, -0.15) is 11.8 Å². The Hall–Kier alpha value is -0.380. The maximum Gasteiger partial charge on any atom is 0.315 e. The summed E-state index contributed by atoms with van der Waals surface area (Å²) in [5, 5.41) is 6.07. The van der Waals surface area contributed by atoms with E-state index in [0.717, 1.165) is 19.4 Å². The fourth-order valence-corrected chi connectivity index (χ4v) is 3.42. The van der Waals surface area contributed by atoms with E-state index in [9.17, 15) is 4.79 Å². The van der Waals surface area contributed by atoms with Gasteiger partial charge in [-0.3, -0.25) is 0 Å². The third kappa shape index (κ3) is 2.84. The van der Waals surface area contributed by atoms with Crippen molar-refractivity contribution in [3.63, 3.8) is 0 Å². The van der Waals surface area contributed by atoms with Crippen LogP contribution in [0.4, 0.5) is 4.79 Å². The maximum atomic E-state index is 11.6. The molecule has 2 fully saturated rings. The van der Waals surface area contributed by atoms with E-state index in [1.54, 1.807) is 0 Å². The van der Waals surface area contributed by atoms with Crippen LogP contribution < -0.4 is 10.6 Å². The van der Waals surface area contributed by atoms with E-state index in [0.29, 0.717) is 10.8 Å². The summed E-state index contributed by atoms with van der Waals surface area (Å²) in [4.78, 5) is 11.6. The van der Waals surface area contributed by atoms with Gasteiger partial charge >= 0.3 is 6.03 Å². The Bertz CT molecular complexity index is 247. The van der Waals surface area contributed by atoms with Crippen molar-refractivity contribution in [3.05, 3.63) is 0 Å². The number of carbonyl (C=O) groups excluding carboxylic acids is 1. The van der Waals surface area contributed by atoms with Crippen LogP contribution in [0.3, 0.4) is 0 Å². The zero-order valence-corrected chi connectivity index (χ0v) is 10.9. The highest BCUT2D eigenvalue weighted by atomic mass is 32.2. The van der Waals surface area contributed by atoms with Gasteiger partial charge in [0.05, 0.1) is 0 Å². The molecule has 0 atom stereocenters. The molecule has 3 nitrogen and oxygen atoms in total. The summed E-state index contributed by atoms with van der Waals surface area (Å²) < 4.78 is 0.316. The van der Waals surface area contributed by atoms with Crippen molar-refractivity contribution in [2.75, 3.05) is 12.8 Å². The molecule has 92 valence electrons. The molecule has 16 heavy (non-hydrogen) atoms. The minimum atomic E-state index is 0.0324. The van der Waals surface area contributed by atoms with Crippen molar-refractivity contribution in [2.24, 2.45) is 0 Å². The van der Waals surface area contributed by atoms with Crippen LogP contribution >= 0.6 is 11.8 Å². The Labute approximate surface area is 102 Å². The molecule has 0 aromatic heterocycles. The quantitative estimate of drug-likeness (QED) is 0.795. The van der Waals surface area contributed by atoms with E-state index in [2.05, 4.69) is 16.9 Å². The Morgan fingerprint density at radius 1 is 1.31 bits per heavy atom. The van der Waals surface area contributed by atoms with Gasteiger partial charge in [-0.1, -0.05) is 12.8 Å². The second-order valence-corrected chi connectivity index (χ2v) is 6.32. The molecule has 0 aromatic rings. The molecular weight excluding hydrogens is 220 g/mol. The molecule has 2 saturated carbocycles. The number of hydrogen-bond donors (Lipinski definition) is 2. The number of hydrogen-bond acceptors (Lipinski definition) is 2. The summed E-state index contributed by atoms with van der Waals surface area (Å²) in [6, 6.07) is 0.471. The van der Waals surface area contributed by atoms with Crippen LogP contribution in [0.2, 0.25) is 0 Å². The second kappa shape index (κ2) is 5.30. The number of carbonyl (C=O) groups is 1. The predicted octanol–water partition coefficient (Wildman–Crippen LogP) is 2.51. The highest BCUT2D eigenvalue weighted by molar-refractivity contribution is 8.00. The summed E-state index contributed by atoms with van der Waals surface area (Å²) in [7, 11) is 0. The minimum Gasteiger partial charge on any atom is -0.337 e. The predicted molar refractivity (Wildman–Crippen MR) is 68.9 cm³/mol. The van der Waals surface area contributed by atoms with E-state index in [4.69, 9.17) is 0 Å². The molecule has 0 aromatic carbocycles. The van der Waals surface area contributed by atoms with Gasteiger partial charge in [0, 0.05) is 17.3 Å². The first-order valence-corrected chi connectivity index (χ1v) is 7.56. The Morgan fingerprint density at radius 3 is 2.50 bits per heavy atom. The van der Waals surface area contributed by atoms with E-state index >= 15 is 0 Å². The van der Waals surface area contributed by atoms with Gasteiger partial charge in [0.1, 0.15) is 0 Å². The Kier molecular flexibility index (Phi) is 4.00. The van der Waals surface area contributed by atoms with Crippen molar-refractivity contribution in [1.82, 2.24) is 10.6 Å². The largest absolute Gasteiger partial charge is 0.337 e. The monoisotopic (exact) mass is 242 g/mol. The Balaban J connectivity index is 1.70. The molecule has 0 radical (unpaired) electrons. The third-order valence-electron chi connectivity index (χ3n) is 3.96. The van der Waals surface area contributed by atoms with Crippen molar-refractivity contribution in [2.45, 2.75) is 55.7 Å². The summed E-state index contributed by atoms with van der Waals surface area (Å²) in [6.07, 6.45) is 10.9. The summed E-state index contributed by atoms with van der Waals surface area (Å²) in [5.41, 5.74) is 0. The zero-order valence-electron chi connectivity index (χ0n) is 10.1. The molecule has 2 N–H and O–H groups in total. The smallest absolute Gasteiger partial charge is 0.315 e. The average Bonchev–Trinajstić information content (AvgIpc) is 2.70. The first kappa shape index (κ1) is 12.1. The summed E-state index contributed by atoms with van der Waals surface area (Å²) in [5.74, 6) is 0. The lowest BCUT2D eigenvalue weighted by atomic mass is 9.93. The fraction of sp³-hybridized carbons (Fsp3) is 0.917. The highest BCUT2D eigenvalue weighted by Gasteiger charge is 2.33. The van der Waals surface area contributed by atoms with Crippen molar-refractivity contribution >= 4 is 17.8 Å². The lowest BCUT2D eigenvalue weighted by Gasteiger charge is -2.29. The van der Waals surface area contributed by atoms with Crippen LogP contribution in [0.15, 0.2) is 0 Å². The lowest BCUT2D eigenvalue weighted by molar-refractivity contribution is 0.227. The molecule has 2 aliphatic rings. The zero-order chi connectivity index (χ0) is 11.4. The SMILES string of the molecule is CSC1(CNC(=O)NC2CCC2)CCCC1. The molecule has 0 spiro atoms. The third-order valence-corrected chi connectivity index (χ3v) is 5.38. The molecule has 0 aliphatic heterocycles. The highest BCUT2D eigenvalue weighted by Crippen LogP contribution is 2.39. The molecule has 0 bridgehead atoms. The van der Waals surface area contributed by atoms with Gasteiger partial charge in [0.2, 0.25) is 0 Å². The summed E-state index contributed by atoms with van der Waals surface area (Å²) in [6.45, 7) is 0.826. The van der Waals surface area contributed by atoms with Crippen LogP contribution in [0.5, 0.6) is 0 Å². The standard InChI is InChI=1S/C12H22N2OS/c1-16-12(7-2-3-8-12)9-13-11(15)14-10-5-4-6-10/h10H,2-9H2,1H3,(H2,13,14,15). The molecule has 4 heteroatoms. The topological polar surface area (TPSA) is 41.1 Å². The number of amides is 2. The molecule has 0 heterocycles. The van der Waals surface area contributed by atoms with E-state index in [1.807, 2.05) is 11.8 Å². The van der Waals surface area contributed by atoms with Gasteiger partial charge in [0.15, 0.2) is 0 Å². The van der Waals surface area contributed by atoms with Crippen LogP contribution in [-0.2, 0) is 0 Å². The van der Waals surface area contributed by atoms with Gasteiger partial charge in [-0.15, -0.1) is 0 Å². The van der Waals surface area contributed by atoms with Gasteiger partial charge in [-0.25, -0.2) is 4.79 Å². The lowest BCUT2D eigenvalue weighted by Crippen LogP contribution is -2.48. The molecule has 0 unspecified atom stereocenters. The van der Waals surface area contributed by atoms with Gasteiger partial charge in [0.25, 0.3) is 0 Å². The van der Waals surface area contributed by atoms with E-state index in [1.165, 1.54) is 32.1 Å². The number of rotatable bonds is 4. The Morgan fingerprint density at radius 2 is 2.00 bits per heavy atom. The maximum absolute atomic E-state index is 11.6. The van der Waals surface area contributed by atoms with Gasteiger partial charge in [-0.05, 0) is 38.4 Å². The van der Waals surface area contributed by atoms with Crippen LogP contribution in [0.25, 0.3) is 0 Å². The number of urea groups is 1. The number of thioether (sulfide) groups is 1. The molecule has 2 aliphatic carbocycles. The first-order valence-electron chi connectivity index (χ1n) is 6.34. The van der Waals surface area contributed by atoms with Crippen molar-refractivity contribution < 1.29 is 4.79 Å². The van der Waals surface area contributed by atoms with Crippen molar-refractivity contribution in [1.29, 1.82) is 0 Å². The average molecular weight is 242 g/mol. The molecule has 0 saturated heterocycles. The van der Waals surface area contributed by atoms with Crippen molar-refractivity contribution in [3.8, 4) is 0 Å². The van der Waals surface area contributed by atoms with Crippen LogP contribution in [0.1, 0.15) is 44.9 Å². The van der Waals surface area contributed by atoms with Crippen LogP contribution in [-0.4, -0.2) is 29.6 Å². The normalized spacial score (nSPS) is 23.8.